The molecule has 1 aromatic heterocycles. The summed E-state index contributed by atoms with van der Waals surface area (Å²) in [5, 5.41) is 7.11. The molecule has 0 aromatic carbocycles. The van der Waals surface area contributed by atoms with Crippen molar-refractivity contribution in [2.45, 2.75) is 6.42 Å². The minimum Gasteiger partial charge on any atom is -0.352 e. The zero-order chi connectivity index (χ0) is 6.10. The van der Waals surface area contributed by atoms with Crippen LogP contribution in [-0.4, -0.2) is 23.5 Å². The Labute approximate surface area is 52.4 Å². The fraction of sp³-hybridized carbons (Fsp3) is 0.600. The third-order valence-electron chi connectivity index (χ3n) is 1.53. The Morgan fingerprint density at radius 3 is 2.89 bits per heavy atom. The SMILES string of the molecule is c1onnc1N1CCC1. The minimum absolute atomic E-state index is 0.862. The average molecular weight is 125 g/mol. The van der Waals surface area contributed by atoms with Crippen molar-refractivity contribution in [2.24, 2.45) is 0 Å². The molecule has 1 aliphatic heterocycles. The van der Waals surface area contributed by atoms with E-state index in [2.05, 4.69) is 19.8 Å². The van der Waals surface area contributed by atoms with Crippen LogP contribution in [0.25, 0.3) is 0 Å². The van der Waals surface area contributed by atoms with E-state index >= 15 is 0 Å². The first-order chi connectivity index (χ1) is 4.47. The summed E-state index contributed by atoms with van der Waals surface area (Å²) in [6.45, 7) is 2.18. The Morgan fingerprint density at radius 1 is 1.56 bits per heavy atom. The highest BCUT2D eigenvalue weighted by Gasteiger charge is 2.16. The molecule has 4 heteroatoms. The predicted molar refractivity (Wildman–Crippen MR) is 31.1 cm³/mol. The van der Waals surface area contributed by atoms with Gasteiger partial charge in [0.2, 0.25) is 0 Å². The van der Waals surface area contributed by atoms with Crippen LogP contribution in [0.5, 0.6) is 0 Å². The lowest BCUT2D eigenvalue weighted by molar-refractivity contribution is 0.393. The quantitative estimate of drug-likeness (QED) is 0.540. The Kier molecular flexibility index (Phi) is 0.913. The highest BCUT2D eigenvalue weighted by Crippen LogP contribution is 2.15. The van der Waals surface area contributed by atoms with Gasteiger partial charge >= 0.3 is 0 Å². The van der Waals surface area contributed by atoms with Crippen molar-refractivity contribution >= 4 is 5.82 Å². The lowest BCUT2D eigenvalue weighted by atomic mass is 10.2. The average Bonchev–Trinajstić information content (AvgIpc) is 2.11. The third kappa shape index (κ3) is 0.667. The molecule has 2 heterocycles. The molecule has 1 fully saturated rings. The first-order valence-corrected chi connectivity index (χ1v) is 2.99. The van der Waals surface area contributed by atoms with Gasteiger partial charge < -0.3 is 9.42 Å². The van der Waals surface area contributed by atoms with Gasteiger partial charge in [0.25, 0.3) is 0 Å². The van der Waals surface area contributed by atoms with Crippen molar-refractivity contribution in [1.82, 2.24) is 10.4 Å². The van der Waals surface area contributed by atoms with Gasteiger partial charge in [0.05, 0.1) is 0 Å². The highest BCUT2D eigenvalue weighted by molar-refractivity contribution is 5.35. The van der Waals surface area contributed by atoms with Crippen LogP contribution < -0.4 is 4.90 Å². The Hall–Kier alpha value is -1.06. The lowest BCUT2D eigenvalue weighted by Crippen LogP contribution is -2.37. The first-order valence-electron chi connectivity index (χ1n) is 2.99. The van der Waals surface area contributed by atoms with Crippen LogP contribution in [-0.2, 0) is 0 Å². The summed E-state index contributed by atoms with van der Waals surface area (Å²) in [6.07, 6.45) is 2.83. The van der Waals surface area contributed by atoms with Crippen LogP contribution in [0, 0.1) is 0 Å². The molecular formula is C5H7N3O. The molecule has 4 nitrogen and oxygen atoms in total. The Bertz CT molecular complexity index is 180. The molecule has 48 valence electrons. The van der Waals surface area contributed by atoms with E-state index in [1.807, 2.05) is 0 Å². The normalized spacial score (nSPS) is 17.6. The predicted octanol–water partition coefficient (Wildman–Crippen LogP) is 0.280. The van der Waals surface area contributed by atoms with Crippen LogP contribution in [0.1, 0.15) is 6.42 Å². The van der Waals surface area contributed by atoms with E-state index in [0.717, 1.165) is 18.9 Å². The van der Waals surface area contributed by atoms with Crippen molar-refractivity contribution in [3.63, 3.8) is 0 Å². The van der Waals surface area contributed by atoms with Crippen LogP contribution in [0.4, 0.5) is 5.82 Å². The molecule has 0 aliphatic carbocycles. The maximum absolute atomic E-state index is 4.57. The van der Waals surface area contributed by atoms with E-state index in [4.69, 9.17) is 0 Å². The summed E-state index contributed by atoms with van der Waals surface area (Å²) in [4.78, 5) is 2.12. The molecule has 0 atom stereocenters. The summed E-state index contributed by atoms with van der Waals surface area (Å²) in [5.74, 6) is 0.862. The van der Waals surface area contributed by atoms with Gasteiger partial charge in [-0.2, -0.15) is 0 Å². The molecule has 0 bridgehead atoms. The molecule has 2 rings (SSSR count). The Balaban J connectivity index is 2.14. The number of hydrogen-bond donors (Lipinski definition) is 0. The van der Waals surface area contributed by atoms with Crippen molar-refractivity contribution in [1.29, 1.82) is 0 Å². The third-order valence-corrected chi connectivity index (χ3v) is 1.53. The number of aromatic nitrogens is 2. The van der Waals surface area contributed by atoms with Gasteiger partial charge in [0.1, 0.15) is 0 Å². The first kappa shape index (κ1) is 4.78. The fourth-order valence-electron chi connectivity index (χ4n) is 0.843. The Morgan fingerprint density at radius 2 is 2.44 bits per heavy atom. The highest BCUT2D eigenvalue weighted by atomic mass is 16.5. The van der Waals surface area contributed by atoms with Crippen molar-refractivity contribution in [3.05, 3.63) is 6.26 Å². The molecule has 0 radical (unpaired) electrons. The maximum atomic E-state index is 4.57. The van der Waals surface area contributed by atoms with Gasteiger partial charge in [0, 0.05) is 18.4 Å². The van der Waals surface area contributed by atoms with E-state index in [1.54, 1.807) is 6.26 Å². The second kappa shape index (κ2) is 1.72. The van der Waals surface area contributed by atoms with Crippen LogP contribution in [0.15, 0.2) is 10.8 Å². The molecule has 0 spiro atoms. The number of anilines is 1. The summed E-state index contributed by atoms with van der Waals surface area (Å²) in [7, 11) is 0. The number of nitrogens with zero attached hydrogens (tertiary/aromatic N) is 3. The molecule has 0 amide bonds. The molecule has 1 aliphatic rings. The smallest absolute Gasteiger partial charge is 0.192 e. The van der Waals surface area contributed by atoms with Crippen molar-refractivity contribution in [3.8, 4) is 0 Å². The number of rotatable bonds is 1. The molecule has 0 saturated carbocycles. The van der Waals surface area contributed by atoms with Crippen molar-refractivity contribution < 1.29 is 4.52 Å². The van der Waals surface area contributed by atoms with Gasteiger partial charge in [-0.15, -0.1) is 0 Å². The second-order valence-electron chi connectivity index (χ2n) is 2.10. The van der Waals surface area contributed by atoms with Gasteiger partial charge in [-0.25, -0.2) is 0 Å². The maximum Gasteiger partial charge on any atom is 0.192 e. The van der Waals surface area contributed by atoms with Crippen LogP contribution >= 0.6 is 0 Å². The number of hydrogen-bond acceptors (Lipinski definition) is 4. The topological polar surface area (TPSA) is 42.2 Å². The molecule has 9 heavy (non-hydrogen) atoms. The fourth-order valence-corrected chi connectivity index (χ4v) is 0.843. The van der Waals surface area contributed by atoms with Crippen molar-refractivity contribution in [2.75, 3.05) is 18.0 Å². The summed E-state index contributed by atoms with van der Waals surface area (Å²) in [6, 6.07) is 0. The molecule has 0 N–H and O–H groups in total. The van der Waals surface area contributed by atoms with E-state index in [1.165, 1.54) is 6.42 Å². The van der Waals surface area contributed by atoms with Gasteiger partial charge in [-0.3, -0.25) is 0 Å². The summed E-state index contributed by atoms with van der Waals surface area (Å²) in [5.41, 5.74) is 0. The van der Waals surface area contributed by atoms with E-state index in [0.29, 0.717) is 0 Å². The minimum atomic E-state index is 0.862. The van der Waals surface area contributed by atoms with E-state index in [9.17, 15) is 0 Å². The zero-order valence-corrected chi connectivity index (χ0v) is 4.95. The zero-order valence-electron chi connectivity index (χ0n) is 4.95. The van der Waals surface area contributed by atoms with E-state index < -0.39 is 0 Å². The lowest BCUT2D eigenvalue weighted by Gasteiger charge is -2.29. The van der Waals surface area contributed by atoms with Crippen LogP contribution in [0.2, 0.25) is 0 Å². The largest absolute Gasteiger partial charge is 0.352 e. The monoisotopic (exact) mass is 125 g/mol. The molecular weight excluding hydrogens is 118 g/mol. The summed E-state index contributed by atoms with van der Waals surface area (Å²) >= 11 is 0. The van der Waals surface area contributed by atoms with Gasteiger partial charge in [-0.1, -0.05) is 5.10 Å². The molecule has 1 saturated heterocycles. The summed E-state index contributed by atoms with van der Waals surface area (Å²) < 4.78 is 4.57. The van der Waals surface area contributed by atoms with Gasteiger partial charge in [-0.05, 0) is 6.42 Å². The van der Waals surface area contributed by atoms with Crippen LogP contribution in [0.3, 0.4) is 0 Å². The standard InChI is InChI=1S/C5H7N3O/c1-2-8(3-1)5-4-9-7-6-5/h4H,1-3H2. The molecule has 0 unspecified atom stereocenters. The second-order valence-corrected chi connectivity index (χ2v) is 2.10. The van der Waals surface area contributed by atoms with E-state index in [-0.39, 0.29) is 0 Å². The molecule has 1 aromatic rings. The van der Waals surface area contributed by atoms with Gasteiger partial charge in [0.15, 0.2) is 12.1 Å².